The molecule has 3 unspecified atom stereocenters. The molecule has 1 N–H and O–H groups in total. The van der Waals surface area contributed by atoms with E-state index in [4.69, 9.17) is 4.74 Å². The van der Waals surface area contributed by atoms with Crippen LogP contribution < -0.4 is 10.1 Å². The highest BCUT2D eigenvalue weighted by atomic mass is 16.5. The third-order valence-electron chi connectivity index (χ3n) is 4.19. The smallest absolute Gasteiger partial charge is 0.222 e. The summed E-state index contributed by atoms with van der Waals surface area (Å²) in [5.74, 6) is 1.48. The fraction of sp³-hybridized carbons (Fsp3) is 0.611. The molecule has 122 valence electrons. The van der Waals surface area contributed by atoms with Crippen LogP contribution in [0.15, 0.2) is 24.3 Å². The molecule has 0 radical (unpaired) electrons. The topological polar surface area (TPSA) is 41.6 Å². The minimum atomic E-state index is 0.266. The number of para-hydroxylation sites is 1. The lowest BCUT2D eigenvalue weighted by Gasteiger charge is -2.36. The summed E-state index contributed by atoms with van der Waals surface area (Å²) in [7, 11) is 1.69. The minimum Gasteiger partial charge on any atom is -0.496 e. The van der Waals surface area contributed by atoms with Gasteiger partial charge in [-0.1, -0.05) is 25.1 Å². The number of carbonyl (C=O) groups excluding carboxylic acids is 1. The van der Waals surface area contributed by atoms with Crippen LogP contribution in [0.3, 0.4) is 0 Å². The molecule has 1 fully saturated rings. The standard InChI is InChI=1S/C18H28N2O2/c1-13(9-16-7-5-6-8-17(16)22-4)10-18(21)20-11-14(2)19-15(3)12-20/h5-8,13-15,19H,9-12H2,1-4H3. The predicted octanol–water partition coefficient (Wildman–Crippen LogP) is 2.47. The van der Waals surface area contributed by atoms with Crippen LogP contribution in [0.2, 0.25) is 0 Å². The molecule has 1 aromatic rings. The molecule has 4 heteroatoms. The summed E-state index contributed by atoms with van der Waals surface area (Å²) in [5.41, 5.74) is 1.17. The first-order valence-corrected chi connectivity index (χ1v) is 8.15. The van der Waals surface area contributed by atoms with Crippen molar-refractivity contribution in [1.29, 1.82) is 0 Å². The number of methoxy groups -OCH3 is 1. The molecular formula is C18H28N2O2. The van der Waals surface area contributed by atoms with E-state index in [1.165, 1.54) is 5.56 Å². The Morgan fingerprint density at radius 2 is 1.95 bits per heavy atom. The van der Waals surface area contributed by atoms with Crippen molar-refractivity contribution in [2.24, 2.45) is 5.92 Å². The van der Waals surface area contributed by atoms with E-state index in [1.807, 2.05) is 23.1 Å². The molecule has 4 nitrogen and oxygen atoms in total. The first kappa shape index (κ1) is 16.8. The van der Waals surface area contributed by atoms with Gasteiger partial charge in [-0.2, -0.15) is 0 Å². The number of nitrogens with one attached hydrogen (secondary N) is 1. The van der Waals surface area contributed by atoms with Crippen LogP contribution in [-0.2, 0) is 11.2 Å². The third kappa shape index (κ3) is 4.47. The van der Waals surface area contributed by atoms with E-state index in [0.29, 0.717) is 24.4 Å². The maximum absolute atomic E-state index is 12.5. The van der Waals surface area contributed by atoms with Crippen molar-refractivity contribution in [3.05, 3.63) is 29.8 Å². The van der Waals surface area contributed by atoms with Gasteiger partial charge < -0.3 is 15.0 Å². The molecule has 0 bridgehead atoms. The number of rotatable bonds is 5. The molecule has 22 heavy (non-hydrogen) atoms. The highest BCUT2D eigenvalue weighted by Gasteiger charge is 2.25. The first-order valence-electron chi connectivity index (χ1n) is 8.15. The van der Waals surface area contributed by atoms with Crippen LogP contribution in [0.5, 0.6) is 5.75 Å². The van der Waals surface area contributed by atoms with Crippen LogP contribution in [-0.4, -0.2) is 43.1 Å². The third-order valence-corrected chi connectivity index (χ3v) is 4.19. The SMILES string of the molecule is COc1ccccc1CC(C)CC(=O)N1CC(C)NC(C)C1. The van der Waals surface area contributed by atoms with Crippen molar-refractivity contribution in [3.8, 4) is 5.75 Å². The number of benzene rings is 1. The van der Waals surface area contributed by atoms with Gasteiger partial charge >= 0.3 is 0 Å². The lowest BCUT2D eigenvalue weighted by atomic mass is 9.96. The van der Waals surface area contributed by atoms with Gasteiger partial charge in [0.15, 0.2) is 0 Å². The number of amides is 1. The second kappa shape index (κ2) is 7.63. The van der Waals surface area contributed by atoms with Gasteiger partial charge in [-0.05, 0) is 37.8 Å². The van der Waals surface area contributed by atoms with Crippen molar-refractivity contribution in [2.75, 3.05) is 20.2 Å². The van der Waals surface area contributed by atoms with Gasteiger partial charge in [0.05, 0.1) is 7.11 Å². The fourth-order valence-corrected chi connectivity index (χ4v) is 3.28. The number of ether oxygens (including phenoxy) is 1. The number of nitrogens with zero attached hydrogens (tertiary/aromatic N) is 1. The molecule has 1 amide bonds. The van der Waals surface area contributed by atoms with Crippen LogP contribution in [0.1, 0.15) is 32.8 Å². The zero-order valence-electron chi connectivity index (χ0n) is 14.1. The van der Waals surface area contributed by atoms with Crippen LogP contribution in [0.25, 0.3) is 0 Å². The zero-order chi connectivity index (χ0) is 16.1. The van der Waals surface area contributed by atoms with Crippen molar-refractivity contribution >= 4 is 5.91 Å². The molecule has 2 rings (SSSR count). The summed E-state index contributed by atoms with van der Waals surface area (Å²) >= 11 is 0. The van der Waals surface area contributed by atoms with Gasteiger partial charge in [-0.15, -0.1) is 0 Å². The van der Waals surface area contributed by atoms with Crippen LogP contribution >= 0.6 is 0 Å². The molecule has 3 atom stereocenters. The zero-order valence-corrected chi connectivity index (χ0v) is 14.1. The van der Waals surface area contributed by atoms with Gasteiger partial charge in [0.1, 0.15) is 5.75 Å². The number of hydrogen-bond acceptors (Lipinski definition) is 3. The van der Waals surface area contributed by atoms with Crippen LogP contribution in [0.4, 0.5) is 0 Å². The monoisotopic (exact) mass is 304 g/mol. The van der Waals surface area contributed by atoms with E-state index < -0.39 is 0 Å². The summed E-state index contributed by atoms with van der Waals surface area (Å²) in [6.45, 7) is 8.02. The highest BCUT2D eigenvalue weighted by molar-refractivity contribution is 5.76. The summed E-state index contributed by atoms with van der Waals surface area (Å²) in [6.07, 6.45) is 1.46. The lowest BCUT2D eigenvalue weighted by Crippen LogP contribution is -2.56. The quantitative estimate of drug-likeness (QED) is 0.908. The fourth-order valence-electron chi connectivity index (χ4n) is 3.28. The Balaban J connectivity index is 1.91. The summed E-state index contributed by atoms with van der Waals surface area (Å²) < 4.78 is 5.39. The Hall–Kier alpha value is -1.55. The van der Waals surface area contributed by atoms with E-state index in [2.05, 4.69) is 32.2 Å². The highest BCUT2D eigenvalue weighted by Crippen LogP contribution is 2.22. The van der Waals surface area contributed by atoms with E-state index in [-0.39, 0.29) is 5.91 Å². The average molecular weight is 304 g/mol. The normalized spacial score (nSPS) is 23.2. The molecule has 1 aliphatic rings. The summed E-state index contributed by atoms with van der Waals surface area (Å²) in [4.78, 5) is 14.5. The minimum absolute atomic E-state index is 0.266. The van der Waals surface area contributed by atoms with E-state index >= 15 is 0 Å². The van der Waals surface area contributed by atoms with Gasteiger partial charge in [0, 0.05) is 31.6 Å². The molecule has 0 aliphatic carbocycles. The second-order valence-electron chi connectivity index (χ2n) is 6.59. The number of carbonyl (C=O) groups is 1. The average Bonchev–Trinajstić information content (AvgIpc) is 2.46. The molecule has 1 saturated heterocycles. The number of piperazine rings is 1. The van der Waals surface area contributed by atoms with Crippen molar-refractivity contribution in [3.63, 3.8) is 0 Å². The molecule has 1 aliphatic heterocycles. The maximum atomic E-state index is 12.5. The second-order valence-corrected chi connectivity index (χ2v) is 6.59. The van der Waals surface area contributed by atoms with Gasteiger partial charge in [0.2, 0.25) is 5.91 Å². The maximum Gasteiger partial charge on any atom is 0.222 e. The molecule has 1 heterocycles. The van der Waals surface area contributed by atoms with Crippen molar-refractivity contribution in [1.82, 2.24) is 10.2 Å². The molecule has 0 saturated carbocycles. The molecule has 0 spiro atoms. The Labute approximate surface area is 133 Å². The van der Waals surface area contributed by atoms with Gasteiger partial charge in [-0.25, -0.2) is 0 Å². The summed E-state index contributed by atoms with van der Waals surface area (Å²) in [6, 6.07) is 8.79. The van der Waals surface area contributed by atoms with Crippen molar-refractivity contribution < 1.29 is 9.53 Å². The van der Waals surface area contributed by atoms with E-state index in [9.17, 15) is 4.79 Å². The molecule has 1 aromatic carbocycles. The molecule has 0 aromatic heterocycles. The predicted molar refractivity (Wildman–Crippen MR) is 89.1 cm³/mol. The Morgan fingerprint density at radius 3 is 2.59 bits per heavy atom. The largest absolute Gasteiger partial charge is 0.496 e. The van der Waals surface area contributed by atoms with Crippen LogP contribution in [0, 0.1) is 5.92 Å². The van der Waals surface area contributed by atoms with Gasteiger partial charge in [-0.3, -0.25) is 4.79 Å². The number of hydrogen-bond donors (Lipinski definition) is 1. The Kier molecular flexibility index (Phi) is 5.83. The van der Waals surface area contributed by atoms with E-state index in [1.54, 1.807) is 7.11 Å². The van der Waals surface area contributed by atoms with Crippen molar-refractivity contribution in [2.45, 2.75) is 45.7 Å². The molecular weight excluding hydrogens is 276 g/mol. The first-order chi connectivity index (χ1) is 10.5. The van der Waals surface area contributed by atoms with Gasteiger partial charge in [0.25, 0.3) is 0 Å². The van der Waals surface area contributed by atoms with E-state index in [0.717, 1.165) is 25.3 Å². The summed E-state index contributed by atoms with van der Waals surface area (Å²) in [5, 5.41) is 3.46. The lowest BCUT2D eigenvalue weighted by molar-refractivity contribution is -0.133. The Morgan fingerprint density at radius 1 is 1.32 bits per heavy atom. The Bertz CT molecular complexity index is 494.